The number of nitriles is 1. The molecule has 2 aromatic rings. The lowest BCUT2D eigenvalue weighted by Crippen LogP contribution is -2.00. The van der Waals surface area contributed by atoms with Crippen LogP contribution in [-0.2, 0) is 6.54 Å². The van der Waals surface area contributed by atoms with Gasteiger partial charge in [0.05, 0.1) is 32.4 Å². The molecule has 0 spiro atoms. The Hall–Kier alpha value is -1.40. The molecule has 0 aliphatic rings. The summed E-state index contributed by atoms with van der Waals surface area (Å²) in [4.78, 5) is 0. The number of rotatable bonds is 3. The molecule has 0 aromatic heterocycles. The van der Waals surface area contributed by atoms with Crippen molar-refractivity contribution in [2.75, 3.05) is 5.32 Å². The molecule has 5 heteroatoms. The molecule has 2 nitrogen and oxygen atoms in total. The van der Waals surface area contributed by atoms with Gasteiger partial charge in [-0.2, -0.15) is 5.26 Å². The van der Waals surface area contributed by atoms with Crippen molar-refractivity contribution < 1.29 is 0 Å². The van der Waals surface area contributed by atoms with Crippen LogP contribution in [0.4, 0.5) is 5.69 Å². The van der Waals surface area contributed by atoms with Gasteiger partial charge in [0.1, 0.15) is 0 Å². The van der Waals surface area contributed by atoms with E-state index in [1.54, 1.807) is 18.2 Å². The minimum Gasteiger partial charge on any atom is -0.380 e. The summed E-state index contributed by atoms with van der Waals surface area (Å²) >= 11 is 17.9. The molecule has 0 aliphatic heterocycles. The van der Waals surface area contributed by atoms with Crippen molar-refractivity contribution in [3.8, 4) is 6.07 Å². The van der Waals surface area contributed by atoms with E-state index < -0.39 is 0 Å². The van der Waals surface area contributed by atoms with Crippen LogP contribution in [0.25, 0.3) is 0 Å². The Labute approximate surface area is 126 Å². The third kappa shape index (κ3) is 3.54. The second-order valence-corrected chi connectivity index (χ2v) is 5.13. The predicted octanol–water partition coefficient (Wildman–Crippen LogP) is 5.13. The van der Waals surface area contributed by atoms with Crippen molar-refractivity contribution in [2.24, 2.45) is 0 Å². The van der Waals surface area contributed by atoms with Gasteiger partial charge in [0, 0.05) is 6.54 Å². The maximum absolute atomic E-state index is 8.83. The lowest BCUT2D eigenvalue weighted by Gasteiger charge is -2.10. The number of benzene rings is 2. The van der Waals surface area contributed by atoms with E-state index in [-0.39, 0.29) is 0 Å². The van der Waals surface area contributed by atoms with E-state index in [1.165, 1.54) is 0 Å². The fourth-order valence-corrected chi connectivity index (χ4v) is 2.22. The third-order valence-corrected chi connectivity index (χ3v) is 3.58. The Morgan fingerprint density at radius 3 is 2.47 bits per heavy atom. The first-order valence-corrected chi connectivity index (χ1v) is 6.61. The Morgan fingerprint density at radius 2 is 1.74 bits per heavy atom. The molecule has 2 aromatic carbocycles. The molecule has 2 rings (SSSR count). The van der Waals surface area contributed by atoms with Gasteiger partial charge in [0.2, 0.25) is 0 Å². The monoisotopic (exact) mass is 310 g/mol. The van der Waals surface area contributed by atoms with Crippen LogP contribution in [0, 0.1) is 11.3 Å². The van der Waals surface area contributed by atoms with Gasteiger partial charge >= 0.3 is 0 Å². The van der Waals surface area contributed by atoms with E-state index in [0.717, 1.165) is 5.56 Å². The minimum absolute atomic E-state index is 0.420. The molecule has 0 amide bonds. The Bertz CT molecular complexity index is 648. The molecule has 0 saturated heterocycles. The van der Waals surface area contributed by atoms with Gasteiger partial charge in [0.15, 0.2) is 0 Å². The van der Waals surface area contributed by atoms with Crippen LogP contribution < -0.4 is 5.32 Å². The van der Waals surface area contributed by atoms with Gasteiger partial charge in [0.25, 0.3) is 0 Å². The van der Waals surface area contributed by atoms with Gasteiger partial charge in [-0.25, -0.2) is 0 Å². The largest absolute Gasteiger partial charge is 0.380 e. The molecule has 0 heterocycles. The number of nitrogens with zero attached hydrogens (tertiary/aromatic N) is 1. The number of halogens is 3. The SMILES string of the molecule is N#Cc1cccc(CNc2cc(Cl)c(Cl)cc2Cl)c1. The second-order valence-electron chi connectivity index (χ2n) is 3.91. The van der Waals surface area contributed by atoms with Crippen molar-refractivity contribution in [1.29, 1.82) is 5.26 Å². The molecule has 0 unspecified atom stereocenters. The quantitative estimate of drug-likeness (QED) is 0.798. The van der Waals surface area contributed by atoms with Gasteiger partial charge in [-0.3, -0.25) is 0 Å². The van der Waals surface area contributed by atoms with Crippen LogP contribution in [0.1, 0.15) is 11.1 Å². The van der Waals surface area contributed by atoms with Gasteiger partial charge in [-0.1, -0.05) is 46.9 Å². The minimum atomic E-state index is 0.420. The second kappa shape index (κ2) is 6.16. The van der Waals surface area contributed by atoms with Crippen LogP contribution in [-0.4, -0.2) is 0 Å². The summed E-state index contributed by atoms with van der Waals surface area (Å²) in [6.45, 7) is 0.549. The van der Waals surface area contributed by atoms with Gasteiger partial charge in [-0.05, 0) is 29.8 Å². The number of nitrogens with one attached hydrogen (secondary N) is 1. The average Bonchev–Trinajstić information content (AvgIpc) is 2.41. The van der Waals surface area contributed by atoms with E-state index in [2.05, 4.69) is 11.4 Å². The molecule has 0 radical (unpaired) electrons. The molecule has 0 fully saturated rings. The maximum Gasteiger partial charge on any atom is 0.0991 e. The topological polar surface area (TPSA) is 35.8 Å². The summed E-state index contributed by atoms with van der Waals surface area (Å²) in [5, 5.41) is 13.4. The van der Waals surface area contributed by atoms with Gasteiger partial charge in [-0.15, -0.1) is 0 Å². The van der Waals surface area contributed by atoms with E-state index in [4.69, 9.17) is 40.1 Å². The molecular weight excluding hydrogens is 303 g/mol. The van der Waals surface area contributed by atoms with Crippen LogP contribution in [0.2, 0.25) is 15.1 Å². The van der Waals surface area contributed by atoms with Crippen molar-refractivity contribution in [2.45, 2.75) is 6.54 Å². The highest BCUT2D eigenvalue weighted by molar-refractivity contribution is 6.44. The lowest BCUT2D eigenvalue weighted by molar-refractivity contribution is 1.15. The zero-order valence-corrected chi connectivity index (χ0v) is 12.0. The molecule has 19 heavy (non-hydrogen) atoms. The Balaban J connectivity index is 2.14. The number of hydrogen-bond donors (Lipinski definition) is 1. The van der Waals surface area contributed by atoms with Crippen molar-refractivity contribution in [3.63, 3.8) is 0 Å². The van der Waals surface area contributed by atoms with Crippen LogP contribution >= 0.6 is 34.8 Å². The Kier molecular flexibility index (Phi) is 4.55. The summed E-state index contributed by atoms with van der Waals surface area (Å²) in [7, 11) is 0. The normalized spacial score (nSPS) is 10.0. The lowest BCUT2D eigenvalue weighted by atomic mass is 10.1. The van der Waals surface area contributed by atoms with Crippen molar-refractivity contribution >= 4 is 40.5 Å². The predicted molar refractivity (Wildman–Crippen MR) is 80.0 cm³/mol. The molecule has 0 aliphatic carbocycles. The number of hydrogen-bond acceptors (Lipinski definition) is 2. The molecule has 1 N–H and O–H groups in total. The third-order valence-electron chi connectivity index (χ3n) is 2.55. The first kappa shape index (κ1) is 14.0. The summed E-state index contributed by atoms with van der Waals surface area (Å²) in [6, 6.07) is 12.7. The summed E-state index contributed by atoms with van der Waals surface area (Å²) < 4.78 is 0. The molecule has 0 atom stereocenters. The highest BCUT2D eigenvalue weighted by Crippen LogP contribution is 2.32. The fraction of sp³-hybridized carbons (Fsp3) is 0.0714. The molecule has 0 bridgehead atoms. The maximum atomic E-state index is 8.83. The summed E-state index contributed by atoms with van der Waals surface area (Å²) in [5.41, 5.74) is 2.32. The van der Waals surface area contributed by atoms with Crippen molar-refractivity contribution in [3.05, 3.63) is 62.6 Å². The first-order valence-electron chi connectivity index (χ1n) is 5.47. The van der Waals surface area contributed by atoms with E-state index in [0.29, 0.717) is 32.9 Å². The zero-order valence-electron chi connectivity index (χ0n) is 9.75. The van der Waals surface area contributed by atoms with Crippen LogP contribution in [0.5, 0.6) is 0 Å². The number of anilines is 1. The Morgan fingerprint density at radius 1 is 1.00 bits per heavy atom. The first-order chi connectivity index (χ1) is 9.10. The van der Waals surface area contributed by atoms with Crippen LogP contribution in [0.3, 0.4) is 0 Å². The standard InChI is InChI=1S/C14H9Cl3N2/c15-11-5-13(17)14(6-12(11)16)19-8-10-3-1-2-9(4-10)7-18/h1-6,19H,8H2. The summed E-state index contributed by atoms with van der Waals surface area (Å²) in [5.74, 6) is 0. The van der Waals surface area contributed by atoms with E-state index in [9.17, 15) is 0 Å². The summed E-state index contributed by atoms with van der Waals surface area (Å²) in [6.07, 6.45) is 0. The smallest absolute Gasteiger partial charge is 0.0991 e. The molecule has 0 saturated carbocycles. The highest BCUT2D eigenvalue weighted by atomic mass is 35.5. The van der Waals surface area contributed by atoms with Gasteiger partial charge < -0.3 is 5.32 Å². The fourth-order valence-electron chi connectivity index (χ4n) is 1.61. The van der Waals surface area contributed by atoms with Crippen LogP contribution in [0.15, 0.2) is 36.4 Å². The molecule has 96 valence electrons. The van der Waals surface area contributed by atoms with E-state index in [1.807, 2.05) is 18.2 Å². The average molecular weight is 312 g/mol. The van der Waals surface area contributed by atoms with E-state index >= 15 is 0 Å². The zero-order chi connectivity index (χ0) is 13.8. The molecular formula is C14H9Cl3N2. The van der Waals surface area contributed by atoms with Crippen molar-refractivity contribution in [1.82, 2.24) is 0 Å². The highest BCUT2D eigenvalue weighted by Gasteiger charge is 2.05.